The number of benzene rings is 3. The number of ether oxygens (including phenoxy) is 2. The number of piperidine rings is 1. The molecule has 49 heavy (non-hydrogen) atoms. The molecular weight excluding hydrogens is 651 g/mol. The van der Waals surface area contributed by atoms with Crippen molar-refractivity contribution in [3.63, 3.8) is 0 Å². The van der Waals surface area contributed by atoms with E-state index in [9.17, 15) is 13.2 Å². The van der Waals surface area contributed by atoms with Gasteiger partial charge < -0.3 is 19.3 Å². The van der Waals surface area contributed by atoms with Crippen LogP contribution >= 0.6 is 0 Å². The standard InChI is InChI=1S/C39H55N3O5SSi/c1-6-25-42(38(43)47-31-34-16-10-7-11-17-34)36-22-26-41(27-23-36)28-24-39(35-18-12-8-13-19-35,33-46-29-30-49(3,4)5)32-40(2)48(44,45)37-20-14-9-15-21-37/h6-21,36H,1,22-33H2,2-5H3. The van der Waals surface area contributed by atoms with E-state index in [1.807, 2.05) is 54.6 Å². The van der Waals surface area contributed by atoms with Crippen LogP contribution in [-0.4, -0.2) is 95.7 Å². The van der Waals surface area contributed by atoms with Crippen LogP contribution < -0.4 is 0 Å². The van der Waals surface area contributed by atoms with Gasteiger partial charge in [0.15, 0.2) is 0 Å². The van der Waals surface area contributed by atoms with Gasteiger partial charge in [-0.15, -0.1) is 6.58 Å². The number of likely N-dealkylation sites (N-methyl/N-ethyl adjacent to an activating group) is 1. The topological polar surface area (TPSA) is 79.4 Å². The van der Waals surface area contributed by atoms with Crippen LogP contribution in [0.4, 0.5) is 4.79 Å². The zero-order chi connectivity index (χ0) is 35.3. The number of amides is 1. The lowest BCUT2D eigenvalue weighted by Gasteiger charge is -2.41. The minimum Gasteiger partial charge on any atom is -0.445 e. The lowest BCUT2D eigenvalue weighted by Crippen LogP contribution is -2.50. The molecule has 1 unspecified atom stereocenters. The Morgan fingerprint density at radius 1 is 0.959 bits per heavy atom. The van der Waals surface area contributed by atoms with Crippen molar-refractivity contribution >= 4 is 24.2 Å². The third-order valence-electron chi connectivity index (χ3n) is 9.41. The highest BCUT2D eigenvalue weighted by Crippen LogP contribution is 2.33. The fraction of sp³-hybridized carbons (Fsp3) is 0.462. The number of hydrogen-bond acceptors (Lipinski definition) is 6. The molecule has 1 saturated heterocycles. The Morgan fingerprint density at radius 3 is 2.14 bits per heavy atom. The summed E-state index contributed by atoms with van der Waals surface area (Å²) in [6.45, 7) is 15.4. The zero-order valence-electron chi connectivity index (χ0n) is 29.8. The summed E-state index contributed by atoms with van der Waals surface area (Å²) in [5.41, 5.74) is 1.47. The smallest absolute Gasteiger partial charge is 0.410 e. The fourth-order valence-electron chi connectivity index (χ4n) is 6.38. The van der Waals surface area contributed by atoms with Crippen LogP contribution in [0, 0.1) is 0 Å². The summed E-state index contributed by atoms with van der Waals surface area (Å²) < 4.78 is 41.2. The van der Waals surface area contributed by atoms with Crippen molar-refractivity contribution in [3.8, 4) is 0 Å². The van der Waals surface area contributed by atoms with E-state index in [0.29, 0.717) is 19.8 Å². The van der Waals surface area contributed by atoms with E-state index >= 15 is 0 Å². The highest BCUT2D eigenvalue weighted by atomic mass is 32.2. The zero-order valence-corrected chi connectivity index (χ0v) is 31.6. The number of hydrogen-bond donors (Lipinski definition) is 0. The molecule has 0 aliphatic carbocycles. The summed E-state index contributed by atoms with van der Waals surface area (Å²) in [7, 11) is -3.36. The minimum absolute atomic E-state index is 0.0588. The van der Waals surface area contributed by atoms with Crippen LogP contribution in [0.15, 0.2) is 109 Å². The Hall–Kier alpha value is -3.28. The van der Waals surface area contributed by atoms with Gasteiger partial charge in [0.2, 0.25) is 10.0 Å². The summed E-state index contributed by atoms with van der Waals surface area (Å²) in [5, 5.41) is 0. The molecule has 1 atom stereocenters. The summed E-state index contributed by atoms with van der Waals surface area (Å²) >= 11 is 0. The lowest BCUT2D eigenvalue weighted by atomic mass is 9.77. The van der Waals surface area contributed by atoms with Crippen molar-refractivity contribution < 1.29 is 22.7 Å². The van der Waals surface area contributed by atoms with Crippen LogP contribution in [0.5, 0.6) is 0 Å². The van der Waals surface area contributed by atoms with Gasteiger partial charge in [-0.2, -0.15) is 4.31 Å². The van der Waals surface area contributed by atoms with Crippen molar-refractivity contribution in [1.29, 1.82) is 0 Å². The van der Waals surface area contributed by atoms with Crippen LogP contribution in [0.25, 0.3) is 0 Å². The fourth-order valence-corrected chi connectivity index (χ4v) is 8.41. The van der Waals surface area contributed by atoms with Crippen molar-refractivity contribution in [1.82, 2.24) is 14.1 Å². The summed E-state index contributed by atoms with van der Waals surface area (Å²) in [6, 6.07) is 29.7. The van der Waals surface area contributed by atoms with E-state index in [0.717, 1.165) is 56.1 Å². The maximum absolute atomic E-state index is 13.8. The number of likely N-dealkylation sites (tertiary alicyclic amines) is 1. The van der Waals surface area contributed by atoms with Crippen LogP contribution in [0.1, 0.15) is 30.4 Å². The molecule has 0 aromatic heterocycles. The maximum atomic E-state index is 13.8. The van der Waals surface area contributed by atoms with E-state index in [1.165, 1.54) is 4.31 Å². The molecule has 0 bridgehead atoms. The van der Waals surface area contributed by atoms with Gasteiger partial charge >= 0.3 is 6.09 Å². The number of rotatable bonds is 18. The number of carbonyl (C=O) groups excluding carboxylic acids is 1. The molecular formula is C39H55N3O5SSi. The second kappa shape index (κ2) is 18.1. The van der Waals surface area contributed by atoms with Crippen LogP contribution in [0.3, 0.4) is 0 Å². The highest BCUT2D eigenvalue weighted by molar-refractivity contribution is 7.89. The van der Waals surface area contributed by atoms with Crippen LogP contribution in [0.2, 0.25) is 25.7 Å². The molecule has 0 radical (unpaired) electrons. The Morgan fingerprint density at radius 2 is 1.55 bits per heavy atom. The number of nitrogens with zero attached hydrogens (tertiary/aromatic N) is 3. The molecule has 0 N–H and O–H groups in total. The van der Waals surface area contributed by atoms with Crippen molar-refractivity contribution in [2.24, 2.45) is 0 Å². The average Bonchev–Trinajstić information content (AvgIpc) is 3.11. The van der Waals surface area contributed by atoms with E-state index in [1.54, 1.807) is 42.3 Å². The van der Waals surface area contributed by atoms with Crippen molar-refractivity contribution in [2.45, 2.75) is 67.9 Å². The molecule has 8 nitrogen and oxygen atoms in total. The van der Waals surface area contributed by atoms with E-state index in [4.69, 9.17) is 9.47 Å². The van der Waals surface area contributed by atoms with Gasteiger partial charge in [0, 0.05) is 59.4 Å². The third kappa shape index (κ3) is 11.4. The van der Waals surface area contributed by atoms with Gasteiger partial charge in [0.1, 0.15) is 6.61 Å². The molecule has 10 heteroatoms. The number of carbonyl (C=O) groups is 1. The second-order valence-corrected chi connectivity index (χ2v) is 22.1. The molecule has 0 spiro atoms. The van der Waals surface area contributed by atoms with Crippen molar-refractivity contribution in [2.75, 3.05) is 53.0 Å². The Labute approximate surface area is 295 Å². The van der Waals surface area contributed by atoms with Gasteiger partial charge in [-0.25, -0.2) is 13.2 Å². The first-order chi connectivity index (χ1) is 23.4. The minimum atomic E-state index is -3.72. The SMILES string of the molecule is C=CCN(C(=O)OCc1ccccc1)C1CCN(CCC(COCC[Si](C)(C)C)(CN(C)S(=O)(=O)c2ccccc2)c2ccccc2)CC1. The monoisotopic (exact) mass is 705 g/mol. The summed E-state index contributed by atoms with van der Waals surface area (Å²) in [6.07, 6.45) is 3.80. The molecule has 4 rings (SSSR count). The first-order valence-electron chi connectivity index (χ1n) is 17.4. The Kier molecular flexibility index (Phi) is 14.2. The van der Waals surface area contributed by atoms with Crippen LogP contribution in [-0.2, 0) is 31.5 Å². The molecule has 1 amide bonds. The molecule has 1 heterocycles. The maximum Gasteiger partial charge on any atom is 0.410 e. The van der Waals surface area contributed by atoms with Crippen molar-refractivity contribution in [3.05, 3.63) is 115 Å². The van der Waals surface area contributed by atoms with Gasteiger partial charge in [0.25, 0.3) is 0 Å². The molecule has 3 aromatic rings. The normalized spacial score (nSPS) is 15.9. The third-order valence-corrected chi connectivity index (χ3v) is 12.9. The van der Waals surface area contributed by atoms with Gasteiger partial charge in [0.05, 0.1) is 11.5 Å². The number of sulfonamides is 1. The Balaban J connectivity index is 1.48. The first-order valence-corrected chi connectivity index (χ1v) is 22.5. The van der Waals surface area contributed by atoms with Gasteiger partial charge in [-0.05, 0) is 55.1 Å². The average molecular weight is 706 g/mol. The molecule has 1 aliphatic heterocycles. The van der Waals surface area contributed by atoms with Gasteiger partial charge in [-0.3, -0.25) is 0 Å². The quantitative estimate of drug-likeness (QED) is 0.0787. The largest absolute Gasteiger partial charge is 0.445 e. The first kappa shape index (κ1) is 38.5. The van der Waals surface area contributed by atoms with E-state index < -0.39 is 23.5 Å². The molecule has 3 aromatic carbocycles. The highest BCUT2D eigenvalue weighted by Gasteiger charge is 2.38. The van der Waals surface area contributed by atoms with E-state index in [2.05, 4.69) is 43.3 Å². The lowest BCUT2D eigenvalue weighted by molar-refractivity contribution is 0.0551. The molecule has 266 valence electrons. The Bertz CT molecular complexity index is 1550. The molecule has 1 fully saturated rings. The van der Waals surface area contributed by atoms with Gasteiger partial charge in [-0.1, -0.05) is 105 Å². The molecule has 0 saturated carbocycles. The predicted octanol–water partition coefficient (Wildman–Crippen LogP) is 7.28. The molecule has 1 aliphatic rings. The summed E-state index contributed by atoms with van der Waals surface area (Å²) in [4.78, 5) is 17.7. The second-order valence-electron chi connectivity index (χ2n) is 14.4. The summed E-state index contributed by atoms with van der Waals surface area (Å²) in [5.74, 6) is 0. The van der Waals surface area contributed by atoms with E-state index in [-0.39, 0.29) is 30.2 Å². The predicted molar refractivity (Wildman–Crippen MR) is 201 cm³/mol.